The number of hydrogen-bond donors (Lipinski definition) is 1. The molecule has 25 heavy (non-hydrogen) atoms. The Labute approximate surface area is 147 Å². The molecule has 6 nitrogen and oxygen atoms in total. The Kier molecular flexibility index (Phi) is 6.54. The molecular formula is C19H23N3O3. The summed E-state index contributed by atoms with van der Waals surface area (Å²) >= 11 is 0. The largest absolute Gasteiger partial charge is 0.493 e. The Bertz CT molecular complexity index is 820. The molecule has 0 spiro atoms. The van der Waals surface area contributed by atoms with Crippen LogP contribution in [0, 0.1) is 0 Å². The fourth-order valence-electron chi connectivity index (χ4n) is 2.25. The van der Waals surface area contributed by atoms with Gasteiger partial charge in [-0.1, -0.05) is 26.0 Å². The van der Waals surface area contributed by atoms with Gasteiger partial charge in [0.25, 0.3) is 0 Å². The van der Waals surface area contributed by atoms with Crippen molar-refractivity contribution in [1.82, 2.24) is 9.97 Å². The van der Waals surface area contributed by atoms with Gasteiger partial charge in [-0.15, -0.1) is 0 Å². The van der Waals surface area contributed by atoms with Gasteiger partial charge < -0.3 is 19.9 Å². The van der Waals surface area contributed by atoms with E-state index in [0.717, 1.165) is 10.9 Å². The van der Waals surface area contributed by atoms with Crippen molar-refractivity contribution >= 4 is 10.9 Å². The quantitative estimate of drug-likeness (QED) is 0.757. The fourth-order valence-corrected chi connectivity index (χ4v) is 2.25. The molecule has 3 rings (SSSR count). The summed E-state index contributed by atoms with van der Waals surface area (Å²) in [6.45, 7) is 4.49. The van der Waals surface area contributed by atoms with Crippen LogP contribution < -0.4 is 19.9 Å². The molecule has 0 fully saturated rings. The van der Waals surface area contributed by atoms with Gasteiger partial charge in [0.05, 0.1) is 25.1 Å². The predicted octanol–water partition coefficient (Wildman–Crippen LogP) is 3.92. The topological polar surface area (TPSA) is 79.5 Å². The summed E-state index contributed by atoms with van der Waals surface area (Å²) in [7, 11) is 3.17. The molecule has 0 aliphatic rings. The van der Waals surface area contributed by atoms with Crippen molar-refractivity contribution in [3.05, 3.63) is 48.3 Å². The van der Waals surface area contributed by atoms with Crippen LogP contribution in [0.1, 0.15) is 19.4 Å². The number of benzene rings is 2. The van der Waals surface area contributed by atoms with Crippen LogP contribution >= 0.6 is 0 Å². The monoisotopic (exact) mass is 341 g/mol. The SMILES string of the molecule is CC.COc1cc2ncnc(Oc3ccc(CN)cc3)c2cc1OC. The Morgan fingerprint density at radius 1 is 0.920 bits per heavy atom. The first-order valence-corrected chi connectivity index (χ1v) is 8.08. The van der Waals surface area contributed by atoms with Gasteiger partial charge in [0.15, 0.2) is 11.5 Å². The van der Waals surface area contributed by atoms with Gasteiger partial charge in [-0.3, -0.25) is 0 Å². The smallest absolute Gasteiger partial charge is 0.230 e. The zero-order valence-electron chi connectivity index (χ0n) is 14.9. The zero-order valence-corrected chi connectivity index (χ0v) is 14.9. The highest BCUT2D eigenvalue weighted by molar-refractivity contribution is 5.86. The molecule has 0 atom stereocenters. The lowest BCUT2D eigenvalue weighted by molar-refractivity contribution is 0.355. The van der Waals surface area contributed by atoms with E-state index in [1.165, 1.54) is 6.33 Å². The number of aromatic nitrogens is 2. The van der Waals surface area contributed by atoms with Crippen molar-refractivity contribution in [3.63, 3.8) is 0 Å². The van der Waals surface area contributed by atoms with E-state index < -0.39 is 0 Å². The molecule has 0 bridgehead atoms. The average molecular weight is 341 g/mol. The molecule has 0 radical (unpaired) electrons. The number of rotatable bonds is 5. The van der Waals surface area contributed by atoms with E-state index in [2.05, 4.69) is 9.97 Å². The van der Waals surface area contributed by atoms with E-state index >= 15 is 0 Å². The molecule has 6 heteroatoms. The maximum atomic E-state index is 5.88. The second-order valence-corrected chi connectivity index (χ2v) is 4.85. The maximum Gasteiger partial charge on any atom is 0.230 e. The van der Waals surface area contributed by atoms with Crippen LogP contribution in [0.25, 0.3) is 10.9 Å². The summed E-state index contributed by atoms with van der Waals surface area (Å²) in [6.07, 6.45) is 1.46. The molecular weight excluding hydrogens is 318 g/mol. The first-order chi connectivity index (χ1) is 12.2. The van der Waals surface area contributed by atoms with E-state index in [0.29, 0.717) is 35.2 Å². The summed E-state index contributed by atoms with van der Waals surface area (Å²) in [4.78, 5) is 8.47. The molecule has 3 aromatic rings. The third kappa shape index (κ3) is 4.16. The summed E-state index contributed by atoms with van der Waals surface area (Å²) < 4.78 is 16.5. The molecule has 0 aliphatic heterocycles. The van der Waals surface area contributed by atoms with Gasteiger partial charge in [-0.05, 0) is 23.8 Å². The predicted molar refractivity (Wildman–Crippen MR) is 98.4 cm³/mol. The molecule has 0 saturated heterocycles. The molecule has 2 aromatic carbocycles. The van der Waals surface area contributed by atoms with Crippen LogP contribution in [0.15, 0.2) is 42.7 Å². The van der Waals surface area contributed by atoms with E-state index in [1.807, 2.05) is 38.1 Å². The van der Waals surface area contributed by atoms with Crippen LogP contribution in [0.2, 0.25) is 0 Å². The van der Waals surface area contributed by atoms with Crippen LogP contribution in [-0.2, 0) is 6.54 Å². The van der Waals surface area contributed by atoms with Crippen LogP contribution in [0.3, 0.4) is 0 Å². The third-order valence-corrected chi connectivity index (χ3v) is 3.48. The van der Waals surface area contributed by atoms with Crippen molar-refractivity contribution in [2.45, 2.75) is 20.4 Å². The van der Waals surface area contributed by atoms with Crippen molar-refractivity contribution in [2.24, 2.45) is 5.73 Å². The molecule has 1 aromatic heterocycles. The third-order valence-electron chi connectivity index (χ3n) is 3.48. The minimum atomic E-state index is 0.455. The average Bonchev–Trinajstić information content (AvgIpc) is 2.69. The van der Waals surface area contributed by atoms with E-state index in [1.54, 1.807) is 26.4 Å². The molecule has 0 unspecified atom stereocenters. The Balaban J connectivity index is 0.00000109. The molecule has 0 saturated carbocycles. The number of hydrogen-bond acceptors (Lipinski definition) is 6. The fraction of sp³-hybridized carbons (Fsp3) is 0.263. The molecule has 2 N–H and O–H groups in total. The first kappa shape index (κ1) is 18.5. The molecule has 0 aliphatic carbocycles. The molecule has 0 amide bonds. The van der Waals surface area contributed by atoms with Crippen LogP contribution in [-0.4, -0.2) is 24.2 Å². The van der Waals surface area contributed by atoms with Crippen molar-refractivity contribution in [3.8, 4) is 23.1 Å². The summed E-state index contributed by atoms with van der Waals surface area (Å²) in [5.74, 6) is 2.34. The Morgan fingerprint density at radius 3 is 2.16 bits per heavy atom. The van der Waals surface area contributed by atoms with Gasteiger partial charge in [-0.25, -0.2) is 9.97 Å². The lowest BCUT2D eigenvalue weighted by atomic mass is 10.2. The Morgan fingerprint density at radius 2 is 1.56 bits per heavy atom. The van der Waals surface area contributed by atoms with Gasteiger partial charge >= 0.3 is 0 Å². The van der Waals surface area contributed by atoms with Crippen molar-refractivity contribution in [1.29, 1.82) is 0 Å². The summed E-state index contributed by atoms with van der Waals surface area (Å²) in [5, 5.41) is 0.744. The lowest BCUT2D eigenvalue weighted by Gasteiger charge is -2.11. The highest BCUT2D eigenvalue weighted by atomic mass is 16.5. The summed E-state index contributed by atoms with van der Waals surface area (Å²) in [5.41, 5.74) is 7.35. The number of ether oxygens (including phenoxy) is 3. The standard InChI is InChI=1S/C17H17N3O3.C2H6/c1-21-15-7-13-14(8-16(15)22-2)19-10-20-17(13)23-12-5-3-11(9-18)4-6-12;1-2/h3-8,10H,9,18H2,1-2H3;1-2H3. The maximum absolute atomic E-state index is 5.88. The van der Waals surface area contributed by atoms with Crippen molar-refractivity contribution in [2.75, 3.05) is 14.2 Å². The second kappa shape index (κ2) is 8.84. The van der Waals surface area contributed by atoms with Gasteiger partial charge in [0.2, 0.25) is 5.88 Å². The van der Waals surface area contributed by atoms with Crippen LogP contribution in [0.5, 0.6) is 23.1 Å². The zero-order chi connectivity index (χ0) is 18.2. The molecule has 132 valence electrons. The number of nitrogens with zero attached hydrogens (tertiary/aromatic N) is 2. The van der Waals surface area contributed by atoms with Gasteiger partial charge in [0.1, 0.15) is 12.1 Å². The summed E-state index contributed by atoms with van der Waals surface area (Å²) in [6, 6.07) is 11.1. The Hall–Kier alpha value is -2.86. The van der Waals surface area contributed by atoms with Crippen LogP contribution in [0.4, 0.5) is 0 Å². The minimum absolute atomic E-state index is 0.455. The highest BCUT2D eigenvalue weighted by Gasteiger charge is 2.12. The normalized spacial score (nSPS) is 9.96. The van der Waals surface area contributed by atoms with Crippen molar-refractivity contribution < 1.29 is 14.2 Å². The molecule has 1 heterocycles. The van der Waals surface area contributed by atoms with E-state index in [9.17, 15) is 0 Å². The van der Waals surface area contributed by atoms with Gasteiger partial charge in [0, 0.05) is 12.6 Å². The highest BCUT2D eigenvalue weighted by Crippen LogP contribution is 2.35. The van der Waals surface area contributed by atoms with Gasteiger partial charge in [-0.2, -0.15) is 0 Å². The van der Waals surface area contributed by atoms with E-state index in [4.69, 9.17) is 19.9 Å². The first-order valence-electron chi connectivity index (χ1n) is 8.08. The number of methoxy groups -OCH3 is 2. The lowest BCUT2D eigenvalue weighted by Crippen LogP contribution is -1.97. The minimum Gasteiger partial charge on any atom is -0.493 e. The second-order valence-electron chi connectivity index (χ2n) is 4.85. The van der Waals surface area contributed by atoms with E-state index in [-0.39, 0.29) is 0 Å². The number of fused-ring (bicyclic) bond motifs is 1. The number of nitrogens with two attached hydrogens (primary N) is 1.